The first-order valence-electron chi connectivity index (χ1n) is 12.9. The number of rotatable bonds is 3. The molecule has 2 aliphatic heterocycles. The third kappa shape index (κ3) is 5.07. The molecule has 1 amide bonds. The maximum absolute atomic E-state index is 12.5. The number of nitrogens with zero attached hydrogens (tertiary/aromatic N) is 6. The van der Waals surface area contributed by atoms with Crippen LogP contribution in [0.1, 0.15) is 64.4 Å². The predicted molar refractivity (Wildman–Crippen MR) is 138 cm³/mol. The first kappa shape index (κ1) is 25.3. The van der Waals surface area contributed by atoms with Crippen LogP contribution in [0.2, 0.25) is 0 Å². The topological polar surface area (TPSA) is 108 Å². The summed E-state index contributed by atoms with van der Waals surface area (Å²) in [6, 6.07) is 6.23. The largest absolute Gasteiger partial charge is 0.491 e. The van der Waals surface area contributed by atoms with Crippen LogP contribution in [0.3, 0.4) is 0 Å². The van der Waals surface area contributed by atoms with Crippen molar-refractivity contribution in [3.63, 3.8) is 0 Å². The number of β-amino-alcohol motifs (C(OH)–C–C–N with tert-alkyl or cyclic N) is 1. The standard InChI is InChI=1S/C27H36N6O4/c1-16(2)33-25(28-17(3)30-33)21-14-31-11-12-36-23-13-18(7-8-20(23)24(31)29-21)19-9-10-32(15-22(19)34)26(35)37-27(4,5)6/h7-8,13-14,16,19,22,34H,9-12,15H2,1-6H3. The van der Waals surface area contributed by atoms with Crippen LogP contribution in [0, 0.1) is 6.92 Å². The molecule has 10 nitrogen and oxygen atoms in total. The zero-order chi connectivity index (χ0) is 26.5. The highest BCUT2D eigenvalue weighted by Crippen LogP contribution is 2.38. The summed E-state index contributed by atoms with van der Waals surface area (Å²) in [5.74, 6) is 2.95. The quantitative estimate of drug-likeness (QED) is 0.566. The van der Waals surface area contributed by atoms with Crippen LogP contribution >= 0.6 is 0 Å². The average Bonchev–Trinajstić information content (AvgIpc) is 3.37. The molecule has 1 fully saturated rings. The minimum atomic E-state index is -0.690. The molecule has 0 saturated carbocycles. The van der Waals surface area contributed by atoms with Crippen LogP contribution in [0.5, 0.6) is 5.75 Å². The third-order valence-corrected chi connectivity index (χ3v) is 6.73. The molecular formula is C27H36N6O4. The highest BCUT2D eigenvalue weighted by Gasteiger charge is 2.34. The SMILES string of the molecule is Cc1nc(-c2cn3c(n2)-c2ccc(C4CCN(C(=O)OC(C)(C)C)CC4O)cc2OCC3)n(C(C)C)n1. The van der Waals surface area contributed by atoms with E-state index >= 15 is 0 Å². The number of aryl methyl sites for hydroxylation is 1. The molecule has 1 saturated heterocycles. The zero-order valence-corrected chi connectivity index (χ0v) is 22.4. The van der Waals surface area contributed by atoms with Gasteiger partial charge in [0.25, 0.3) is 0 Å². The van der Waals surface area contributed by atoms with Gasteiger partial charge in [0, 0.05) is 24.7 Å². The van der Waals surface area contributed by atoms with Gasteiger partial charge in [0.15, 0.2) is 5.82 Å². The molecule has 2 atom stereocenters. The lowest BCUT2D eigenvalue weighted by molar-refractivity contribution is -0.00154. The number of carbonyl (C=O) groups is 1. The van der Waals surface area contributed by atoms with E-state index in [0.717, 1.165) is 40.0 Å². The van der Waals surface area contributed by atoms with E-state index in [4.69, 9.17) is 14.5 Å². The fourth-order valence-electron chi connectivity index (χ4n) is 5.01. The molecule has 198 valence electrons. The maximum Gasteiger partial charge on any atom is 0.410 e. The third-order valence-electron chi connectivity index (χ3n) is 6.73. The van der Waals surface area contributed by atoms with Gasteiger partial charge in [-0.25, -0.2) is 19.4 Å². The number of hydrogen-bond donors (Lipinski definition) is 1. The smallest absolute Gasteiger partial charge is 0.410 e. The fraction of sp³-hybridized carbons (Fsp3) is 0.556. The summed E-state index contributed by atoms with van der Waals surface area (Å²) in [6.07, 6.45) is 1.58. The Morgan fingerprint density at radius 2 is 1.97 bits per heavy atom. The van der Waals surface area contributed by atoms with Gasteiger partial charge in [0.05, 0.1) is 24.8 Å². The lowest BCUT2D eigenvalue weighted by atomic mass is 9.86. The molecule has 2 aromatic heterocycles. The molecule has 2 unspecified atom stereocenters. The van der Waals surface area contributed by atoms with Crippen LogP contribution in [0.25, 0.3) is 22.9 Å². The van der Waals surface area contributed by atoms with E-state index in [1.54, 1.807) is 4.90 Å². The van der Waals surface area contributed by atoms with Crippen molar-refractivity contribution in [3.05, 3.63) is 35.8 Å². The van der Waals surface area contributed by atoms with Crippen LogP contribution in [-0.2, 0) is 11.3 Å². The number of aliphatic hydroxyl groups is 1. The van der Waals surface area contributed by atoms with Gasteiger partial charge in [-0.2, -0.15) is 5.10 Å². The summed E-state index contributed by atoms with van der Waals surface area (Å²) in [6.45, 7) is 13.5. The van der Waals surface area contributed by atoms with Crippen LogP contribution in [0.4, 0.5) is 4.79 Å². The van der Waals surface area contributed by atoms with E-state index in [1.165, 1.54) is 0 Å². The van der Waals surface area contributed by atoms with Gasteiger partial charge >= 0.3 is 6.09 Å². The molecular weight excluding hydrogens is 472 g/mol. The molecule has 2 aliphatic rings. The van der Waals surface area contributed by atoms with Crippen LogP contribution in [-0.4, -0.2) is 71.8 Å². The monoisotopic (exact) mass is 508 g/mol. The Bertz CT molecular complexity index is 1300. The molecule has 1 N–H and O–H groups in total. The number of fused-ring (bicyclic) bond motifs is 3. The van der Waals surface area contributed by atoms with Crippen molar-refractivity contribution in [1.29, 1.82) is 0 Å². The molecule has 0 spiro atoms. The van der Waals surface area contributed by atoms with E-state index in [1.807, 2.05) is 56.8 Å². The molecule has 0 radical (unpaired) electrons. The van der Waals surface area contributed by atoms with E-state index in [-0.39, 0.29) is 24.6 Å². The minimum absolute atomic E-state index is 0.0984. The van der Waals surface area contributed by atoms with Crippen molar-refractivity contribution in [1.82, 2.24) is 29.2 Å². The Morgan fingerprint density at radius 1 is 1.19 bits per heavy atom. The van der Waals surface area contributed by atoms with E-state index in [0.29, 0.717) is 26.1 Å². The van der Waals surface area contributed by atoms with Crippen molar-refractivity contribution in [2.75, 3.05) is 19.7 Å². The summed E-state index contributed by atoms with van der Waals surface area (Å²) in [4.78, 5) is 23.6. The number of aliphatic hydroxyl groups excluding tert-OH is 1. The van der Waals surface area contributed by atoms with E-state index in [9.17, 15) is 9.90 Å². The number of benzene rings is 1. The van der Waals surface area contributed by atoms with Gasteiger partial charge < -0.3 is 24.0 Å². The van der Waals surface area contributed by atoms with Crippen molar-refractivity contribution < 1.29 is 19.4 Å². The second-order valence-electron chi connectivity index (χ2n) is 11.2. The van der Waals surface area contributed by atoms with Crippen molar-refractivity contribution in [2.24, 2.45) is 0 Å². The Kier molecular flexibility index (Phi) is 6.47. The average molecular weight is 509 g/mol. The molecule has 4 heterocycles. The first-order chi connectivity index (χ1) is 17.5. The number of amides is 1. The number of hydrogen-bond acceptors (Lipinski definition) is 7. The summed E-state index contributed by atoms with van der Waals surface area (Å²) in [5.41, 5.74) is 2.11. The van der Waals surface area contributed by atoms with Gasteiger partial charge in [-0.15, -0.1) is 0 Å². The second-order valence-corrected chi connectivity index (χ2v) is 11.2. The summed E-state index contributed by atoms with van der Waals surface area (Å²) < 4.78 is 15.6. The van der Waals surface area contributed by atoms with Gasteiger partial charge in [0.1, 0.15) is 35.3 Å². The zero-order valence-electron chi connectivity index (χ0n) is 22.4. The number of likely N-dealkylation sites (tertiary alicyclic amines) is 1. The van der Waals surface area contributed by atoms with E-state index < -0.39 is 11.7 Å². The molecule has 37 heavy (non-hydrogen) atoms. The highest BCUT2D eigenvalue weighted by molar-refractivity contribution is 5.70. The van der Waals surface area contributed by atoms with Crippen molar-refractivity contribution >= 4 is 6.09 Å². The van der Waals surface area contributed by atoms with Gasteiger partial charge in [0.2, 0.25) is 0 Å². The normalized spacial score (nSPS) is 19.7. The molecule has 0 bridgehead atoms. The highest BCUT2D eigenvalue weighted by atomic mass is 16.6. The van der Waals surface area contributed by atoms with E-state index in [2.05, 4.69) is 28.5 Å². The van der Waals surface area contributed by atoms with Crippen LogP contribution in [0.15, 0.2) is 24.4 Å². The lowest BCUT2D eigenvalue weighted by Crippen LogP contribution is -2.47. The number of aromatic nitrogens is 5. The second kappa shape index (κ2) is 9.48. The first-order valence-corrected chi connectivity index (χ1v) is 12.9. The molecule has 3 aromatic rings. The summed E-state index contributed by atoms with van der Waals surface area (Å²) in [7, 11) is 0. The van der Waals surface area contributed by atoms with Crippen molar-refractivity contribution in [2.45, 2.75) is 78.2 Å². The molecule has 10 heteroatoms. The number of imidazole rings is 1. The molecule has 0 aliphatic carbocycles. The Balaban J connectivity index is 1.39. The van der Waals surface area contributed by atoms with Gasteiger partial charge in [-0.1, -0.05) is 6.07 Å². The summed E-state index contributed by atoms with van der Waals surface area (Å²) in [5, 5.41) is 15.5. The fourth-order valence-corrected chi connectivity index (χ4v) is 5.01. The van der Waals surface area contributed by atoms with Gasteiger partial charge in [-0.3, -0.25) is 0 Å². The minimum Gasteiger partial charge on any atom is -0.491 e. The Hall–Kier alpha value is -3.40. The predicted octanol–water partition coefficient (Wildman–Crippen LogP) is 4.18. The summed E-state index contributed by atoms with van der Waals surface area (Å²) >= 11 is 0. The van der Waals surface area contributed by atoms with Crippen LogP contribution < -0.4 is 4.74 Å². The number of piperidine rings is 1. The number of carbonyl (C=O) groups excluding carboxylic acids is 1. The Morgan fingerprint density at radius 3 is 2.68 bits per heavy atom. The lowest BCUT2D eigenvalue weighted by Gasteiger charge is -2.37. The van der Waals surface area contributed by atoms with Crippen molar-refractivity contribution in [3.8, 4) is 28.7 Å². The Labute approximate surface area is 217 Å². The molecule has 5 rings (SSSR count). The van der Waals surface area contributed by atoms with Gasteiger partial charge in [-0.05, 0) is 65.7 Å². The number of ether oxygens (including phenoxy) is 2. The molecule has 1 aromatic carbocycles. The maximum atomic E-state index is 12.5.